The Bertz CT molecular complexity index is 1340. The van der Waals surface area contributed by atoms with Gasteiger partial charge in [-0.1, -0.05) is 62.7 Å². The van der Waals surface area contributed by atoms with Crippen LogP contribution in [0.1, 0.15) is 47.8 Å². The number of carbonyl (C=O) groups excluding carboxylic acids is 2. The topological polar surface area (TPSA) is 108 Å². The van der Waals surface area contributed by atoms with Gasteiger partial charge in [0.1, 0.15) is 0 Å². The summed E-state index contributed by atoms with van der Waals surface area (Å²) in [5, 5.41) is 17.2. The second kappa shape index (κ2) is 11.6. The number of likely N-dealkylation sites (N-methyl/N-ethyl adjacent to an activating group) is 1. The Labute approximate surface area is 224 Å². The number of carboxylic acids is 1. The maximum Gasteiger partial charge on any atom is 0.328 e. The minimum atomic E-state index is -1.20. The predicted octanol–water partition coefficient (Wildman–Crippen LogP) is 6.00. The molecule has 0 aliphatic heterocycles. The fourth-order valence-corrected chi connectivity index (χ4v) is 4.32. The molecule has 8 heteroatoms. The first kappa shape index (κ1) is 28.7. The highest BCUT2D eigenvalue weighted by Crippen LogP contribution is 2.27. The SMILES string of the molecule is Cc1cc(C)c(NC(=O)Nc2cc3ccccc3cc2C(=O)N(C)C(COCC(C)(C)C)C(=O)O)c(C)c1. The highest BCUT2D eigenvalue weighted by atomic mass is 16.5. The number of benzene rings is 3. The molecule has 0 heterocycles. The van der Waals surface area contributed by atoms with Crippen molar-refractivity contribution >= 4 is 40.1 Å². The van der Waals surface area contributed by atoms with Crippen molar-refractivity contribution < 1.29 is 24.2 Å². The second-order valence-electron chi connectivity index (χ2n) is 10.9. The van der Waals surface area contributed by atoms with E-state index in [2.05, 4.69) is 10.6 Å². The van der Waals surface area contributed by atoms with Gasteiger partial charge in [0.2, 0.25) is 0 Å². The second-order valence-corrected chi connectivity index (χ2v) is 10.9. The Morgan fingerprint density at radius 1 is 0.947 bits per heavy atom. The largest absolute Gasteiger partial charge is 0.480 e. The number of fused-ring (bicyclic) bond motifs is 1. The van der Waals surface area contributed by atoms with Crippen LogP contribution in [0.5, 0.6) is 0 Å². The molecule has 1 unspecified atom stereocenters. The first-order valence-corrected chi connectivity index (χ1v) is 12.5. The lowest BCUT2D eigenvalue weighted by Crippen LogP contribution is -2.46. The number of aliphatic carboxylic acids is 1. The lowest BCUT2D eigenvalue weighted by atomic mass is 9.99. The molecule has 1 atom stereocenters. The summed E-state index contributed by atoms with van der Waals surface area (Å²) in [6, 6.07) is 13.1. The molecule has 3 N–H and O–H groups in total. The number of ether oxygens (including phenoxy) is 1. The van der Waals surface area contributed by atoms with Crippen LogP contribution in [0.4, 0.5) is 16.2 Å². The van der Waals surface area contributed by atoms with Crippen molar-refractivity contribution in [1.29, 1.82) is 0 Å². The maximum absolute atomic E-state index is 13.6. The molecule has 0 saturated carbocycles. The Morgan fingerprint density at radius 3 is 2.08 bits per heavy atom. The van der Waals surface area contributed by atoms with Crippen molar-refractivity contribution in [3.63, 3.8) is 0 Å². The van der Waals surface area contributed by atoms with Gasteiger partial charge in [-0.3, -0.25) is 4.79 Å². The quantitative estimate of drug-likeness (QED) is 0.338. The van der Waals surface area contributed by atoms with Crippen LogP contribution < -0.4 is 10.6 Å². The molecule has 3 aromatic rings. The third kappa shape index (κ3) is 7.10. The number of carbonyl (C=O) groups is 3. The van der Waals surface area contributed by atoms with Crippen LogP contribution in [0.3, 0.4) is 0 Å². The molecule has 0 fully saturated rings. The summed E-state index contributed by atoms with van der Waals surface area (Å²) in [7, 11) is 1.43. The summed E-state index contributed by atoms with van der Waals surface area (Å²) >= 11 is 0. The number of anilines is 2. The van der Waals surface area contributed by atoms with E-state index in [0.717, 1.165) is 32.4 Å². The van der Waals surface area contributed by atoms with Crippen LogP contribution in [-0.2, 0) is 9.53 Å². The van der Waals surface area contributed by atoms with E-state index in [1.54, 1.807) is 12.1 Å². The average molecular weight is 520 g/mol. The molecular weight excluding hydrogens is 482 g/mol. The van der Waals surface area contributed by atoms with Crippen LogP contribution in [0.15, 0.2) is 48.5 Å². The van der Waals surface area contributed by atoms with Crippen molar-refractivity contribution in [3.8, 4) is 0 Å². The monoisotopic (exact) mass is 519 g/mol. The van der Waals surface area contributed by atoms with Gasteiger partial charge < -0.3 is 25.4 Å². The number of hydrogen-bond acceptors (Lipinski definition) is 4. The molecule has 3 aromatic carbocycles. The smallest absolute Gasteiger partial charge is 0.328 e. The van der Waals surface area contributed by atoms with Gasteiger partial charge in [-0.2, -0.15) is 0 Å². The number of nitrogens with one attached hydrogen (secondary N) is 2. The lowest BCUT2D eigenvalue weighted by molar-refractivity contribution is -0.144. The zero-order valence-corrected chi connectivity index (χ0v) is 23.1. The highest BCUT2D eigenvalue weighted by Gasteiger charge is 2.30. The molecule has 0 aliphatic carbocycles. The fourth-order valence-electron chi connectivity index (χ4n) is 4.32. The van der Waals surface area contributed by atoms with E-state index in [-0.39, 0.29) is 23.3 Å². The van der Waals surface area contributed by atoms with Gasteiger partial charge >= 0.3 is 12.0 Å². The van der Waals surface area contributed by atoms with E-state index in [9.17, 15) is 19.5 Å². The van der Waals surface area contributed by atoms with Crippen molar-refractivity contribution in [1.82, 2.24) is 4.90 Å². The van der Waals surface area contributed by atoms with Crippen molar-refractivity contribution in [2.45, 2.75) is 47.6 Å². The number of carboxylic acid groups (broad SMARTS) is 1. The molecule has 3 amide bonds. The van der Waals surface area contributed by atoms with Crippen LogP contribution in [0.2, 0.25) is 0 Å². The summed E-state index contributed by atoms with van der Waals surface area (Å²) in [5.74, 6) is -1.71. The van der Waals surface area contributed by atoms with Crippen LogP contribution in [0, 0.1) is 26.2 Å². The van der Waals surface area contributed by atoms with Crippen LogP contribution in [-0.4, -0.2) is 54.2 Å². The normalized spacial score (nSPS) is 12.2. The molecule has 0 bridgehead atoms. The molecule has 0 radical (unpaired) electrons. The van der Waals surface area contributed by atoms with E-state index < -0.39 is 23.9 Å². The molecule has 0 aromatic heterocycles. The van der Waals surface area contributed by atoms with Gasteiger partial charge in [-0.05, 0) is 60.2 Å². The fraction of sp³-hybridized carbons (Fsp3) is 0.367. The molecule has 3 rings (SSSR count). The van der Waals surface area contributed by atoms with Gasteiger partial charge in [0.25, 0.3) is 5.91 Å². The summed E-state index contributed by atoms with van der Waals surface area (Å²) in [4.78, 5) is 39.9. The zero-order chi connectivity index (χ0) is 28.2. The zero-order valence-electron chi connectivity index (χ0n) is 23.1. The van der Waals surface area contributed by atoms with E-state index in [0.29, 0.717) is 12.3 Å². The van der Waals surface area contributed by atoms with Crippen LogP contribution >= 0.6 is 0 Å². The van der Waals surface area contributed by atoms with Crippen molar-refractivity contribution in [2.75, 3.05) is 30.9 Å². The van der Waals surface area contributed by atoms with Crippen molar-refractivity contribution in [3.05, 3.63) is 70.8 Å². The standard InChI is InChI=1S/C30H37N3O5/c1-18-12-19(2)26(20(3)13-18)32-29(37)31-24-15-22-11-9-8-10-21(22)14-23(24)27(34)33(7)25(28(35)36)16-38-17-30(4,5)6/h8-15,25H,16-17H2,1-7H3,(H,35,36)(H2,31,32,37). The highest BCUT2D eigenvalue weighted by molar-refractivity contribution is 6.10. The lowest BCUT2D eigenvalue weighted by Gasteiger charge is -2.27. The molecule has 0 aliphatic rings. The molecule has 0 spiro atoms. The molecular formula is C30H37N3O5. The minimum absolute atomic E-state index is 0.150. The van der Waals surface area contributed by atoms with Crippen molar-refractivity contribution in [2.24, 2.45) is 5.41 Å². The molecule has 38 heavy (non-hydrogen) atoms. The minimum Gasteiger partial charge on any atom is -0.480 e. The van der Waals surface area contributed by atoms with E-state index >= 15 is 0 Å². The Morgan fingerprint density at radius 2 is 1.53 bits per heavy atom. The van der Waals surface area contributed by atoms with Crippen LogP contribution in [0.25, 0.3) is 10.8 Å². The Balaban J connectivity index is 1.92. The number of urea groups is 1. The van der Waals surface area contributed by atoms with Gasteiger partial charge in [-0.15, -0.1) is 0 Å². The summed E-state index contributed by atoms with van der Waals surface area (Å²) in [6.45, 7) is 12.0. The number of amides is 3. The summed E-state index contributed by atoms with van der Waals surface area (Å²) in [5.41, 5.74) is 3.94. The predicted molar refractivity (Wildman–Crippen MR) is 151 cm³/mol. The van der Waals surface area contributed by atoms with E-state index in [1.165, 1.54) is 7.05 Å². The number of rotatable bonds is 8. The first-order chi connectivity index (χ1) is 17.8. The Hall–Kier alpha value is -3.91. The third-order valence-corrected chi connectivity index (χ3v) is 6.16. The summed E-state index contributed by atoms with van der Waals surface area (Å²) < 4.78 is 5.64. The van der Waals surface area contributed by atoms with Gasteiger partial charge in [0.15, 0.2) is 6.04 Å². The maximum atomic E-state index is 13.6. The Kier molecular flexibility index (Phi) is 8.78. The number of nitrogens with zero attached hydrogens (tertiary/aromatic N) is 1. The first-order valence-electron chi connectivity index (χ1n) is 12.5. The van der Waals surface area contributed by atoms with E-state index in [1.807, 2.05) is 77.9 Å². The van der Waals surface area contributed by atoms with E-state index in [4.69, 9.17) is 4.74 Å². The third-order valence-electron chi connectivity index (χ3n) is 6.16. The number of hydrogen-bond donors (Lipinski definition) is 3. The van der Waals surface area contributed by atoms with Gasteiger partial charge in [0.05, 0.1) is 24.5 Å². The molecule has 202 valence electrons. The van der Waals surface area contributed by atoms with Gasteiger partial charge in [-0.25, -0.2) is 9.59 Å². The molecule has 0 saturated heterocycles. The average Bonchev–Trinajstić information content (AvgIpc) is 2.82. The summed E-state index contributed by atoms with van der Waals surface area (Å²) in [6.07, 6.45) is 0. The molecule has 8 nitrogen and oxygen atoms in total. The number of aryl methyl sites for hydroxylation is 3. The van der Waals surface area contributed by atoms with Gasteiger partial charge in [0, 0.05) is 12.7 Å².